The van der Waals surface area contributed by atoms with Crippen LogP contribution < -0.4 is 20.8 Å². The highest BCUT2D eigenvalue weighted by molar-refractivity contribution is 6.04. The SMILES string of the molecule is O=C(O)COc1ccc(CCNN(C(=O)Nc2ccccc2)C(=O)Nc2ccccc2)cc1. The van der Waals surface area contributed by atoms with Crippen LogP contribution in [0.5, 0.6) is 5.75 Å². The number of nitrogens with one attached hydrogen (secondary N) is 3. The first-order chi connectivity index (χ1) is 16.0. The first kappa shape index (κ1) is 23.3. The molecule has 0 heterocycles. The fourth-order valence-corrected chi connectivity index (χ4v) is 2.85. The fourth-order valence-electron chi connectivity index (χ4n) is 2.85. The van der Waals surface area contributed by atoms with Crippen molar-refractivity contribution in [1.29, 1.82) is 0 Å². The van der Waals surface area contributed by atoms with E-state index in [0.29, 0.717) is 30.1 Å². The largest absolute Gasteiger partial charge is 0.482 e. The average Bonchev–Trinajstić information content (AvgIpc) is 2.82. The van der Waals surface area contributed by atoms with E-state index in [1.165, 1.54) is 0 Å². The molecule has 4 N–H and O–H groups in total. The third-order valence-electron chi connectivity index (χ3n) is 4.43. The van der Waals surface area contributed by atoms with Crippen molar-refractivity contribution in [3.8, 4) is 5.75 Å². The number of amides is 4. The van der Waals surface area contributed by atoms with Crippen molar-refractivity contribution >= 4 is 29.4 Å². The van der Waals surface area contributed by atoms with Gasteiger partial charge >= 0.3 is 18.0 Å². The van der Waals surface area contributed by atoms with Crippen LogP contribution in [0.3, 0.4) is 0 Å². The van der Waals surface area contributed by atoms with Crippen LogP contribution in [0.15, 0.2) is 84.9 Å². The van der Waals surface area contributed by atoms with E-state index >= 15 is 0 Å². The Hall–Kier alpha value is -4.37. The smallest absolute Gasteiger partial charge is 0.344 e. The van der Waals surface area contributed by atoms with Crippen molar-refractivity contribution < 1.29 is 24.2 Å². The lowest BCUT2D eigenvalue weighted by molar-refractivity contribution is -0.139. The van der Waals surface area contributed by atoms with Crippen LogP contribution in [0.2, 0.25) is 0 Å². The van der Waals surface area contributed by atoms with Gasteiger partial charge in [0.1, 0.15) is 5.75 Å². The first-order valence-electron chi connectivity index (χ1n) is 10.2. The number of carboxylic acid groups (broad SMARTS) is 1. The second kappa shape index (κ2) is 11.9. The zero-order valence-electron chi connectivity index (χ0n) is 17.7. The third kappa shape index (κ3) is 7.67. The zero-order chi connectivity index (χ0) is 23.5. The van der Waals surface area contributed by atoms with Gasteiger partial charge in [0.25, 0.3) is 0 Å². The minimum atomic E-state index is -1.05. The standard InChI is InChI=1S/C24H24N4O5/c29-22(30)17-33-21-13-11-18(12-14-21)15-16-25-28(23(31)26-19-7-3-1-4-8-19)24(32)27-20-9-5-2-6-10-20/h1-14,25H,15-17H2,(H,26,31)(H,27,32)(H,29,30). The average molecular weight is 448 g/mol. The van der Waals surface area contributed by atoms with Gasteiger partial charge in [-0.05, 0) is 48.4 Å². The number of rotatable bonds is 9. The predicted molar refractivity (Wildman–Crippen MR) is 124 cm³/mol. The molecule has 0 aliphatic rings. The third-order valence-corrected chi connectivity index (χ3v) is 4.43. The summed E-state index contributed by atoms with van der Waals surface area (Å²) in [5, 5.41) is 14.9. The molecule has 0 fully saturated rings. The second-order valence-electron chi connectivity index (χ2n) is 6.91. The summed E-state index contributed by atoms with van der Waals surface area (Å²) in [5.74, 6) is -0.605. The summed E-state index contributed by atoms with van der Waals surface area (Å²) in [6.07, 6.45) is 0.507. The zero-order valence-corrected chi connectivity index (χ0v) is 17.7. The van der Waals surface area contributed by atoms with Gasteiger partial charge in [-0.15, -0.1) is 0 Å². The van der Waals surface area contributed by atoms with Gasteiger partial charge < -0.3 is 20.5 Å². The number of benzene rings is 3. The number of nitrogens with zero attached hydrogens (tertiary/aromatic N) is 1. The van der Waals surface area contributed by atoms with E-state index in [1.807, 2.05) is 12.1 Å². The van der Waals surface area contributed by atoms with Crippen LogP contribution in [-0.2, 0) is 11.2 Å². The Kier molecular flexibility index (Phi) is 8.38. The minimum Gasteiger partial charge on any atom is -0.482 e. The summed E-state index contributed by atoms with van der Waals surface area (Å²) in [7, 11) is 0. The maximum atomic E-state index is 12.8. The summed E-state index contributed by atoms with van der Waals surface area (Å²) in [6.45, 7) is -0.122. The van der Waals surface area contributed by atoms with Gasteiger partial charge in [0, 0.05) is 17.9 Å². The van der Waals surface area contributed by atoms with Crippen molar-refractivity contribution in [2.24, 2.45) is 0 Å². The van der Waals surface area contributed by atoms with E-state index in [-0.39, 0.29) is 0 Å². The highest BCUT2D eigenvalue weighted by atomic mass is 16.5. The van der Waals surface area contributed by atoms with Gasteiger partial charge in [-0.1, -0.05) is 48.5 Å². The van der Waals surface area contributed by atoms with E-state index < -0.39 is 24.6 Å². The van der Waals surface area contributed by atoms with Crippen LogP contribution in [0, 0.1) is 0 Å². The van der Waals surface area contributed by atoms with Crippen molar-refractivity contribution in [2.45, 2.75) is 6.42 Å². The molecule has 0 spiro atoms. The molecule has 0 radical (unpaired) electrons. The highest BCUT2D eigenvalue weighted by Gasteiger charge is 2.21. The first-order valence-corrected chi connectivity index (χ1v) is 10.2. The topological polar surface area (TPSA) is 120 Å². The van der Waals surface area contributed by atoms with Gasteiger partial charge in [-0.2, -0.15) is 5.01 Å². The van der Waals surface area contributed by atoms with Crippen LogP contribution in [0.4, 0.5) is 21.0 Å². The fraction of sp³-hybridized carbons (Fsp3) is 0.125. The minimum absolute atomic E-state index is 0.291. The van der Waals surface area contributed by atoms with Crippen molar-refractivity contribution in [3.63, 3.8) is 0 Å². The lowest BCUT2D eigenvalue weighted by Gasteiger charge is -2.22. The molecular formula is C24H24N4O5. The molecule has 0 saturated heterocycles. The quantitative estimate of drug-likeness (QED) is 0.368. The highest BCUT2D eigenvalue weighted by Crippen LogP contribution is 2.13. The normalized spacial score (nSPS) is 10.2. The van der Waals surface area contributed by atoms with E-state index in [4.69, 9.17) is 9.84 Å². The van der Waals surface area contributed by atoms with Crippen LogP contribution in [0.1, 0.15) is 5.56 Å². The summed E-state index contributed by atoms with van der Waals surface area (Å²) in [6, 6.07) is 23.3. The number of carbonyl (C=O) groups is 3. The van der Waals surface area contributed by atoms with Gasteiger partial charge in [-0.3, -0.25) is 0 Å². The molecule has 0 aliphatic carbocycles. The molecule has 0 atom stereocenters. The number of carboxylic acids is 1. The molecule has 0 saturated carbocycles. The number of aliphatic carboxylic acids is 1. The Morgan fingerprint density at radius 1 is 0.758 bits per heavy atom. The summed E-state index contributed by atoms with van der Waals surface area (Å²) >= 11 is 0. The van der Waals surface area contributed by atoms with Crippen LogP contribution in [0.25, 0.3) is 0 Å². The molecule has 3 rings (SSSR count). The Morgan fingerprint density at radius 3 is 1.76 bits per heavy atom. The van der Waals surface area contributed by atoms with E-state index in [9.17, 15) is 14.4 Å². The van der Waals surface area contributed by atoms with Crippen LogP contribution in [-0.4, -0.2) is 41.3 Å². The summed E-state index contributed by atoms with van der Waals surface area (Å²) in [4.78, 5) is 36.2. The number of hydrogen-bond acceptors (Lipinski definition) is 5. The van der Waals surface area contributed by atoms with Gasteiger partial charge in [0.15, 0.2) is 6.61 Å². The number of urea groups is 2. The van der Waals surface area contributed by atoms with Gasteiger partial charge in [-0.25, -0.2) is 19.8 Å². The maximum absolute atomic E-state index is 12.8. The van der Waals surface area contributed by atoms with E-state index in [2.05, 4.69) is 16.1 Å². The Morgan fingerprint density at radius 2 is 1.27 bits per heavy atom. The molecule has 0 aliphatic heterocycles. The molecule has 0 aromatic heterocycles. The summed E-state index contributed by atoms with van der Waals surface area (Å²) < 4.78 is 5.11. The Labute approximate surface area is 191 Å². The lowest BCUT2D eigenvalue weighted by atomic mass is 10.1. The predicted octanol–water partition coefficient (Wildman–Crippen LogP) is 3.96. The number of anilines is 2. The van der Waals surface area contributed by atoms with Gasteiger partial charge in [0.05, 0.1) is 0 Å². The molecule has 0 unspecified atom stereocenters. The maximum Gasteiger partial charge on any atom is 0.344 e. The van der Waals surface area contributed by atoms with Gasteiger partial charge in [0.2, 0.25) is 0 Å². The number of imide groups is 1. The lowest BCUT2D eigenvalue weighted by Crippen LogP contribution is -2.51. The number of ether oxygens (including phenoxy) is 1. The number of carbonyl (C=O) groups excluding carboxylic acids is 2. The molecule has 0 bridgehead atoms. The molecular weight excluding hydrogens is 424 g/mol. The summed E-state index contributed by atoms with van der Waals surface area (Å²) in [5.41, 5.74) is 4.89. The second-order valence-corrected chi connectivity index (χ2v) is 6.91. The molecule has 33 heavy (non-hydrogen) atoms. The van der Waals surface area contributed by atoms with Crippen LogP contribution >= 0.6 is 0 Å². The molecule has 9 nitrogen and oxygen atoms in total. The van der Waals surface area contributed by atoms with E-state index in [0.717, 1.165) is 10.6 Å². The molecule has 3 aromatic rings. The molecule has 9 heteroatoms. The molecule has 170 valence electrons. The van der Waals surface area contributed by atoms with Crippen molar-refractivity contribution in [1.82, 2.24) is 10.4 Å². The van der Waals surface area contributed by atoms with Crippen molar-refractivity contribution in [2.75, 3.05) is 23.8 Å². The number of hydrazine groups is 1. The Balaban J connectivity index is 1.61. The van der Waals surface area contributed by atoms with E-state index in [1.54, 1.807) is 72.8 Å². The molecule has 3 aromatic carbocycles. The number of para-hydroxylation sites is 2. The number of hydrogen-bond donors (Lipinski definition) is 4. The Bertz CT molecular complexity index is 1010. The monoisotopic (exact) mass is 448 g/mol. The molecule has 4 amide bonds. The van der Waals surface area contributed by atoms with Crippen molar-refractivity contribution in [3.05, 3.63) is 90.5 Å².